The standard InChI is InChI=1S/C18H26N2O6S/c1-3-26-18(23)14-6-8-16(9-7-14)27(24,25)20-11-4-5-15(10-12-20)19(2)13-17(21)22/h6-9,15H,3-5,10-13H2,1-2H3,(H,21,22). The lowest BCUT2D eigenvalue weighted by Crippen LogP contribution is -2.37. The Morgan fingerprint density at radius 1 is 1.22 bits per heavy atom. The fourth-order valence-electron chi connectivity index (χ4n) is 3.20. The van der Waals surface area contributed by atoms with E-state index in [1.54, 1.807) is 18.9 Å². The van der Waals surface area contributed by atoms with Crippen LogP contribution in [0.4, 0.5) is 0 Å². The van der Waals surface area contributed by atoms with E-state index < -0.39 is 22.0 Å². The molecule has 0 radical (unpaired) electrons. The number of hydrogen-bond acceptors (Lipinski definition) is 6. The van der Waals surface area contributed by atoms with Crippen molar-refractivity contribution >= 4 is 22.0 Å². The van der Waals surface area contributed by atoms with Crippen molar-refractivity contribution in [3.05, 3.63) is 29.8 Å². The van der Waals surface area contributed by atoms with Crippen LogP contribution in [-0.4, -0.2) is 74.0 Å². The van der Waals surface area contributed by atoms with Crippen LogP contribution in [0.2, 0.25) is 0 Å². The molecule has 1 aliphatic rings. The van der Waals surface area contributed by atoms with Gasteiger partial charge in [0.05, 0.1) is 23.6 Å². The predicted molar refractivity (Wildman–Crippen MR) is 99.1 cm³/mol. The van der Waals surface area contributed by atoms with Crippen LogP contribution in [0.5, 0.6) is 0 Å². The van der Waals surface area contributed by atoms with Crippen LogP contribution in [0.3, 0.4) is 0 Å². The van der Waals surface area contributed by atoms with E-state index in [0.29, 0.717) is 31.5 Å². The van der Waals surface area contributed by atoms with Gasteiger partial charge in [-0.05, 0) is 57.5 Å². The van der Waals surface area contributed by atoms with Crippen molar-refractivity contribution in [3.8, 4) is 0 Å². The van der Waals surface area contributed by atoms with Gasteiger partial charge in [-0.25, -0.2) is 13.2 Å². The highest BCUT2D eigenvalue weighted by Crippen LogP contribution is 2.22. The minimum atomic E-state index is -3.67. The van der Waals surface area contributed by atoms with Gasteiger partial charge >= 0.3 is 11.9 Å². The lowest BCUT2D eigenvalue weighted by molar-refractivity contribution is -0.138. The maximum absolute atomic E-state index is 12.9. The fourth-order valence-corrected chi connectivity index (χ4v) is 4.70. The number of benzene rings is 1. The molecule has 1 N–H and O–H groups in total. The number of nitrogens with zero attached hydrogens (tertiary/aromatic N) is 2. The Labute approximate surface area is 159 Å². The van der Waals surface area contributed by atoms with Gasteiger partial charge in [0.2, 0.25) is 10.0 Å². The number of ether oxygens (including phenoxy) is 1. The SMILES string of the molecule is CCOC(=O)c1ccc(S(=O)(=O)N2CCCC(N(C)CC(=O)O)CC2)cc1. The molecule has 9 heteroatoms. The number of carbonyl (C=O) groups excluding carboxylic acids is 1. The summed E-state index contributed by atoms with van der Waals surface area (Å²) < 4.78 is 32.1. The number of likely N-dealkylation sites (N-methyl/N-ethyl adjacent to an activating group) is 1. The minimum absolute atomic E-state index is 0.0347. The maximum atomic E-state index is 12.9. The van der Waals surface area contributed by atoms with Gasteiger partial charge in [-0.3, -0.25) is 9.69 Å². The van der Waals surface area contributed by atoms with Crippen molar-refractivity contribution in [1.29, 1.82) is 0 Å². The van der Waals surface area contributed by atoms with Gasteiger partial charge in [0.15, 0.2) is 0 Å². The van der Waals surface area contributed by atoms with Crippen molar-refractivity contribution in [2.45, 2.75) is 37.1 Å². The number of carboxylic acids is 1. The summed E-state index contributed by atoms with van der Waals surface area (Å²) in [7, 11) is -1.92. The van der Waals surface area contributed by atoms with Crippen molar-refractivity contribution < 1.29 is 27.9 Å². The molecule has 0 saturated carbocycles. The second kappa shape index (κ2) is 9.29. The van der Waals surface area contributed by atoms with Crippen LogP contribution in [0.1, 0.15) is 36.5 Å². The molecule has 1 saturated heterocycles. The number of sulfonamides is 1. The number of hydrogen-bond donors (Lipinski definition) is 1. The molecular formula is C18H26N2O6S. The highest BCUT2D eigenvalue weighted by atomic mass is 32.2. The summed E-state index contributed by atoms with van der Waals surface area (Å²) in [5, 5.41) is 8.93. The smallest absolute Gasteiger partial charge is 0.338 e. The summed E-state index contributed by atoms with van der Waals surface area (Å²) in [5.74, 6) is -1.38. The molecule has 2 rings (SSSR count). The second-order valence-electron chi connectivity index (χ2n) is 6.54. The Balaban J connectivity index is 2.08. The summed E-state index contributed by atoms with van der Waals surface area (Å²) >= 11 is 0. The first-order chi connectivity index (χ1) is 12.8. The molecule has 1 heterocycles. The van der Waals surface area contributed by atoms with Crippen LogP contribution in [0, 0.1) is 0 Å². The zero-order valence-corrected chi connectivity index (χ0v) is 16.4. The van der Waals surface area contributed by atoms with Gasteiger partial charge in [0.1, 0.15) is 0 Å². The Bertz CT molecular complexity index is 763. The normalized spacial score (nSPS) is 18.9. The van der Waals surface area contributed by atoms with E-state index in [0.717, 1.165) is 6.42 Å². The van der Waals surface area contributed by atoms with E-state index in [1.165, 1.54) is 28.6 Å². The van der Waals surface area contributed by atoms with Gasteiger partial charge in [-0.1, -0.05) is 0 Å². The summed E-state index contributed by atoms with van der Waals surface area (Å²) in [6.45, 7) is 2.62. The topological polar surface area (TPSA) is 104 Å². The predicted octanol–water partition coefficient (Wildman–Crippen LogP) is 1.42. The summed E-state index contributed by atoms with van der Waals surface area (Å²) in [6.07, 6.45) is 1.98. The number of carboxylic acid groups (broad SMARTS) is 1. The molecule has 8 nitrogen and oxygen atoms in total. The quantitative estimate of drug-likeness (QED) is 0.693. The third-order valence-corrected chi connectivity index (χ3v) is 6.58. The van der Waals surface area contributed by atoms with E-state index >= 15 is 0 Å². The summed E-state index contributed by atoms with van der Waals surface area (Å²) in [6, 6.07) is 5.77. The summed E-state index contributed by atoms with van der Waals surface area (Å²) in [4.78, 5) is 24.5. The average molecular weight is 398 g/mol. The molecule has 0 bridgehead atoms. The van der Waals surface area contributed by atoms with Crippen LogP contribution in [0.15, 0.2) is 29.2 Å². The minimum Gasteiger partial charge on any atom is -0.480 e. The molecule has 1 atom stereocenters. The van der Waals surface area contributed by atoms with Gasteiger partial charge < -0.3 is 9.84 Å². The van der Waals surface area contributed by atoms with Crippen LogP contribution >= 0.6 is 0 Å². The summed E-state index contributed by atoms with van der Waals surface area (Å²) in [5.41, 5.74) is 0.307. The third-order valence-electron chi connectivity index (χ3n) is 4.67. The van der Waals surface area contributed by atoms with E-state index in [1.807, 2.05) is 0 Å². The van der Waals surface area contributed by atoms with Crippen LogP contribution in [-0.2, 0) is 19.6 Å². The molecule has 0 spiro atoms. The number of esters is 1. The molecule has 150 valence electrons. The van der Waals surface area contributed by atoms with Crippen molar-refractivity contribution in [2.24, 2.45) is 0 Å². The van der Waals surface area contributed by atoms with Crippen molar-refractivity contribution in [2.75, 3.05) is 33.3 Å². The zero-order valence-electron chi connectivity index (χ0n) is 15.6. The van der Waals surface area contributed by atoms with E-state index in [4.69, 9.17) is 9.84 Å². The van der Waals surface area contributed by atoms with Crippen molar-refractivity contribution in [3.63, 3.8) is 0 Å². The molecule has 0 amide bonds. The van der Waals surface area contributed by atoms with Crippen LogP contribution < -0.4 is 0 Å². The molecule has 27 heavy (non-hydrogen) atoms. The fraction of sp³-hybridized carbons (Fsp3) is 0.556. The Morgan fingerprint density at radius 3 is 2.48 bits per heavy atom. The molecule has 1 aromatic rings. The average Bonchev–Trinajstić information content (AvgIpc) is 2.88. The molecule has 0 aromatic heterocycles. The highest BCUT2D eigenvalue weighted by Gasteiger charge is 2.29. The Hall–Kier alpha value is -1.97. The van der Waals surface area contributed by atoms with Crippen molar-refractivity contribution in [1.82, 2.24) is 9.21 Å². The molecule has 1 unspecified atom stereocenters. The number of carbonyl (C=O) groups is 2. The van der Waals surface area contributed by atoms with E-state index in [9.17, 15) is 18.0 Å². The third kappa shape index (κ3) is 5.50. The van der Waals surface area contributed by atoms with Gasteiger partial charge in [0, 0.05) is 19.1 Å². The number of aliphatic carboxylic acids is 1. The van der Waals surface area contributed by atoms with Gasteiger partial charge in [0.25, 0.3) is 0 Å². The first kappa shape index (κ1) is 21.3. The lowest BCUT2D eigenvalue weighted by Gasteiger charge is -2.25. The molecule has 1 aromatic carbocycles. The zero-order chi connectivity index (χ0) is 20.0. The Kier molecular flexibility index (Phi) is 7.34. The first-order valence-corrected chi connectivity index (χ1v) is 10.4. The van der Waals surface area contributed by atoms with Gasteiger partial charge in [-0.15, -0.1) is 0 Å². The van der Waals surface area contributed by atoms with E-state index in [2.05, 4.69) is 0 Å². The van der Waals surface area contributed by atoms with E-state index in [-0.39, 0.29) is 24.1 Å². The maximum Gasteiger partial charge on any atom is 0.338 e. The molecular weight excluding hydrogens is 372 g/mol. The number of rotatable bonds is 7. The second-order valence-corrected chi connectivity index (χ2v) is 8.48. The highest BCUT2D eigenvalue weighted by molar-refractivity contribution is 7.89. The monoisotopic (exact) mass is 398 g/mol. The van der Waals surface area contributed by atoms with Gasteiger partial charge in [-0.2, -0.15) is 4.31 Å². The Morgan fingerprint density at radius 2 is 1.89 bits per heavy atom. The first-order valence-electron chi connectivity index (χ1n) is 8.95. The largest absolute Gasteiger partial charge is 0.480 e. The lowest BCUT2D eigenvalue weighted by atomic mass is 10.1. The molecule has 0 aliphatic carbocycles. The van der Waals surface area contributed by atoms with Crippen LogP contribution in [0.25, 0.3) is 0 Å². The molecule has 1 fully saturated rings. The molecule has 1 aliphatic heterocycles.